The van der Waals surface area contributed by atoms with E-state index in [2.05, 4.69) is 0 Å². The Morgan fingerprint density at radius 3 is 1.35 bits per heavy atom. The number of carbonyl (C=O) groups is 2. The molecule has 5 heteroatoms. The van der Waals surface area contributed by atoms with E-state index in [0.717, 1.165) is 15.9 Å². The Balaban J connectivity index is 0.00000324. The van der Waals surface area contributed by atoms with Crippen molar-refractivity contribution in [2.24, 2.45) is 0 Å². The number of rotatable bonds is 8. The van der Waals surface area contributed by atoms with Crippen LogP contribution < -0.4 is 39.9 Å². The minimum Gasteiger partial charge on any atom is -1.00 e. The Hall–Kier alpha value is -2.82. The Kier molecular flexibility index (Phi) is 9.14. The molecule has 0 amide bonds. The fourth-order valence-electron chi connectivity index (χ4n) is 4.31. The van der Waals surface area contributed by atoms with Gasteiger partial charge in [0, 0.05) is 5.56 Å². The van der Waals surface area contributed by atoms with Gasteiger partial charge in [-0.1, -0.05) is 84.9 Å². The Morgan fingerprint density at radius 1 is 0.647 bits per heavy atom. The number of ether oxygens (including phenoxy) is 1. The molecule has 1 unspecified atom stereocenters. The van der Waals surface area contributed by atoms with Crippen molar-refractivity contribution in [1.29, 1.82) is 0 Å². The molecule has 4 rings (SSSR count). The predicted octanol–water partition coefficient (Wildman–Crippen LogP) is 1.80. The molecule has 0 N–H and O–H groups in total. The zero-order chi connectivity index (χ0) is 23.1. The van der Waals surface area contributed by atoms with Crippen molar-refractivity contribution in [2.75, 3.05) is 6.61 Å². The van der Waals surface area contributed by atoms with Gasteiger partial charge in [-0.15, -0.1) is 0 Å². The third kappa shape index (κ3) is 4.98. The first kappa shape index (κ1) is 25.8. The van der Waals surface area contributed by atoms with Gasteiger partial charge in [0.25, 0.3) is 0 Å². The first-order chi connectivity index (χ1) is 16.2. The Morgan fingerprint density at radius 2 is 1.00 bits per heavy atom. The number of benzene rings is 4. The number of hydrogen-bond acceptors (Lipinski definition) is 3. The van der Waals surface area contributed by atoms with Crippen molar-refractivity contribution in [2.45, 2.75) is 12.6 Å². The van der Waals surface area contributed by atoms with Crippen LogP contribution in [0.5, 0.6) is 0 Å². The molecule has 4 aromatic rings. The Labute approximate surface area is 218 Å². The van der Waals surface area contributed by atoms with Gasteiger partial charge in [-0.3, -0.25) is 4.79 Å². The third-order valence-corrected chi connectivity index (χ3v) is 10.3. The molecule has 172 valence electrons. The van der Waals surface area contributed by atoms with Crippen molar-refractivity contribution in [3.63, 3.8) is 0 Å². The van der Waals surface area contributed by atoms with Gasteiger partial charge in [-0.05, 0) is 43.3 Å². The zero-order valence-corrected chi connectivity index (χ0v) is 21.9. The van der Waals surface area contributed by atoms with Crippen molar-refractivity contribution < 1.29 is 38.3 Å². The van der Waals surface area contributed by atoms with E-state index in [-0.39, 0.29) is 36.4 Å². The molecule has 34 heavy (non-hydrogen) atoms. The quantitative estimate of drug-likeness (QED) is 0.105. The van der Waals surface area contributed by atoms with Gasteiger partial charge in [-0.2, -0.15) is 0 Å². The molecule has 1 atom stereocenters. The molecule has 0 saturated heterocycles. The Bertz CT molecular complexity index is 1100. The summed E-state index contributed by atoms with van der Waals surface area (Å²) in [7, 11) is -2.79. The summed E-state index contributed by atoms with van der Waals surface area (Å²) in [5, 5.41) is 2.89. The molecule has 0 aliphatic heterocycles. The van der Waals surface area contributed by atoms with Gasteiger partial charge in [0.2, 0.25) is 11.4 Å². The highest BCUT2D eigenvalue weighted by atomic mass is 127. The van der Waals surface area contributed by atoms with Crippen LogP contribution in [0, 0.1) is 0 Å². The van der Waals surface area contributed by atoms with Crippen LogP contribution in [0.1, 0.15) is 17.3 Å². The predicted molar refractivity (Wildman–Crippen MR) is 136 cm³/mol. The van der Waals surface area contributed by atoms with Crippen molar-refractivity contribution in [3.8, 4) is 0 Å². The summed E-state index contributed by atoms with van der Waals surface area (Å²) >= 11 is 0. The van der Waals surface area contributed by atoms with Gasteiger partial charge in [-0.25, -0.2) is 4.79 Å². The molecule has 0 aliphatic carbocycles. The summed E-state index contributed by atoms with van der Waals surface area (Å²) in [5.41, 5.74) is -0.505. The molecule has 0 radical (unpaired) electrons. The number of halogens is 1. The first-order valence-corrected chi connectivity index (χ1v) is 12.9. The summed E-state index contributed by atoms with van der Waals surface area (Å²) in [6.07, 6.45) is 0. The van der Waals surface area contributed by atoms with Gasteiger partial charge in [0.1, 0.15) is 23.2 Å². The van der Waals surface area contributed by atoms with Crippen molar-refractivity contribution in [3.05, 3.63) is 127 Å². The normalized spacial score (nSPS) is 11.7. The zero-order valence-electron chi connectivity index (χ0n) is 18.9. The summed E-state index contributed by atoms with van der Waals surface area (Å²) in [5.74, 6) is -0.713. The van der Waals surface area contributed by atoms with Crippen LogP contribution in [0.2, 0.25) is 0 Å². The fraction of sp³-hybridized carbons (Fsp3) is 0.103. The number of ketones is 1. The lowest BCUT2D eigenvalue weighted by molar-refractivity contribution is -0.141. The van der Waals surface area contributed by atoms with Crippen LogP contribution in [0.3, 0.4) is 0 Å². The van der Waals surface area contributed by atoms with E-state index < -0.39 is 18.9 Å². The van der Waals surface area contributed by atoms with Gasteiger partial charge < -0.3 is 28.7 Å². The molecule has 0 aliphatic rings. The van der Waals surface area contributed by atoms with Crippen LogP contribution in [0.15, 0.2) is 121 Å². The van der Waals surface area contributed by atoms with Crippen LogP contribution in [0.4, 0.5) is 0 Å². The second kappa shape index (κ2) is 12.0. The van der Waals surface area contributed by atoms with Crippen molar-refractivity contribution in [1.82, 2.24) is 0 Å². The number of Topliss-reactive ketones (excluding diaryl/α,β-unsaturated/α-hetero) is 1. The van der Waals surface area contributed by atoms with Crippen LogP contribution in [0.25, 0.3) is 0 Å². The SMILES string of the molecule is CCOC(=O)C(C(=O)c1ccccc1)[P+](c1ccccc1)(c1ccccc1)c1ccccc1.[I-]. The molecule has 0 bridgehead atoms. The van der Waals surface area contributed by atoms with E-state index in [9.17, 15) is 9.59 Å². The average molecular weight is 580 g/mol. The molecule has 0 spiro atoms. The molecule has 0 fully saturated rings. The van der Waals surface area contributed by atoms with Crippen LogP contribution in [-0.4, -0.2) is 24.0 Å². The second-order valence-corrected chi connectivity index (χ2v) is 11.1. The highest BCUT2D eigenvalue weighted by Crippen LogP contribution is 2.60. The highest BCUT2D eigenvalue weighted by Gasteiger charge is 2.60. The molecular formula is C29H26IO3P. The van der Waals surface area contributed by atoms with E-state index in [1.807, 2.05) is 109 Å². The second-order valence-electron chi connectivity index (χ2n) is 7.61. The van der Waals surface area contributed by atoms with Gasteiger partial charge in [0.15, 0.2) is 0 Å². The minimum absolute atomic E-state index is 0. The maximum absolute atomic E-state index is 14.2. The standard InChI is InChI=1S/C29H26O3P.HI/c1-2-32-29(31)28(27(30)23-15-7-3-8-16-23)33(24-17-9-4-10-18-24,25-19-11-5-12-20-25)26-21-13-6-14-22-26;/h3-22,28H,2H2,1H3;1H/q+1;/p-1. The minimum atomic E-state index is -2.79. The number of hydrogen-bond donors (Lipinski definition) is 0. The lowest BCUT2D eigenvalue weighted by atomic mass is 10.1. The summed E-state index contributed by atoms with van der Waals surface area (Å²) in [6.45, 7) is 1.98. The fourth-order valence-corrected chi connectivity index (χ4v) is 8.91. The van der Waals surface area contributed by atoms with Crippen LogP contribution in [-0.2, 0) is 9.53 Å². The smallest absolute Gasteiger partial charge is 0.356 e. The average Bonchev–Trinajstić information content (AvgIpc) is 2.89. The monoisotopic (exact) mass is 580 g/mol. The molecule has 0 heterocycles. The summed E-state index contributed by atoms with van der Waals surface area (Å²) in [6, 6.07) is 38.8. The lowest BCUT2D eigenvalue weighted by Crippen LogP contribution is -3.00. The maximum Gasteiger partial charge on any atom is 0.356 e. The van der Waals surface area contributed by atoms with E-state index in [4.69, 9.17) is 4.74 Å². The van der Waals surface area contributed by atoms with Gasteiger partial charge in [0.05, 0.1) is 6.61 Å². The lowest BCUT2D eigenvalue weighted by Gasteiger charge is -2.32. The topological polar surface area (TPSA) is 43.4 Å². The van der Waals surface area contributed by atoms with E-state index in [1.54, 1.807) is 19.1 Å². The van der Waals surface area contributed by atoms with Crippen LogP contribution >= 0.6 is 7.26 Å². The largest absolute Gasteiger partial charge is 1.00 e. The number of esters is 1. The van der Waals surface area contributed by atoms with E-state index in [0.29, 0.717) is 5.56 Å². The van der Waals surface area contributed by atoms with Gasteiger partial charge >= 0.3 is 5.97 Å². The molecule has 3 nitrogen and oxygen atoms in total. The molecule has 0 saturated carbocycles. The summed E-state index contributed by atoms with van der Waals surface area (Å²) < 4.78 is 5.59. The highest BCUT2D eigenvalue weighted by molar-refractivity contribution is 7.97. The maximum atomic E-state index is 14.2. The molecular weight excluding hydrogens is 554 g/mol. The first-order valence-electron chi connectivity index (χ1n) is 11.0. The van der Waals surface area contributed by atoms with E-state index in [1.165, 1.54) is 0 Å². The van der Waals surface area contributed by atoms with E-state index >= 15 is 0 Å². The molecule has 0 aromatic heterocycles. The van der Waals surface area contributed by atoms with Crippen molar-refractivity contribution >= 4 is 34.9 Å². The third-order valence-electron chi connectivity index (χ3n) is 5.69. The molecule has 4 aromatic carbocycles. The summed E-state index contributed by atoms with van der Waals surface area (Å²) in [4.78, 5) is 27.9. The number of carbonyl (C=O) groups excluding carboxylic acids is 2.